The largest absolute Gasteiger partial charge is 0.379 e. The lowest BCUT2D eigenvalue weighted by Gasteiger charge is -2.32. The first kappa shape index (κ1) is 13.1. The number of rotatable bonds is 5. The highest BCUT2D eigenvalue weighted by Gasteiger charge is 2.28. The molecule has 1 aliphatic heterocycles. The third-order valence-corrected chi connectivity index (χ3v) is 3.97. The van der Waals surface area contributed by atoms with Crippen LogP contribution in [0.4, 0.5) is 0 Å². The zero-order chi connectivity index (χ0) is 13.1. The molecule has 1 aliphatic carbocycles. The number of hydrogen-bond acceptors (Lipinski definition) is 4. The zero-order valence-corrected chi connectivity index (χ0v) is 11.3. The topological polar surface area (TPSA) is 50.5 Å². The smallest absolute Gasteiger partial charge is 0.0608 e. The number of hydrogen-bond donors (Lipinski definition) is 2. The van der Waals surface area contributed by atoms with Gasteiger partial charge in [-0.25, -0.2) is 10.4 Å². The molecule has 4 nitrogen and oxygen atoms in total. The van der Waals surface area contributed by atoms with Crippen molar-refractivity contribution in [3.8, 4) is 0 Å². The minimum atomic E-state index is 0.217. The second kappa shape index (κ2) is 6.01. The number of morpholine rings is 1. The molecule has 1 aromatic rings. The lowest BCUT2D eigenvalue weighted by atomic mass is 9.97. The van der Waals surface area contributed by atoms with Crippen LogP contribution < -0.4 is 11.2 Å². The highest BCUT2D eigenvalue weighted by Crippen LogP contribution is 2.42. The Labute approximate surface area is 114 Å². The normalized spacial score (nSPS) is 22.4. The maximum atomic E-state index is 5.99. The summed E-state index contributed by atoms with van der Waals surface area (Å²) in [5, 5.41) is 2.24. The molecule has 0 spiro atoms. The van der Waals surface area contributed by atoms with Gasteiger partial charge in [0.2, 0.25) is 0 Å². The molecule has 0 radical (unpaired) electrons. The molecule has 1 atom stereocenters. The Bertz CT molecular complexity index is 414. The Morgan fingerprint density at radius 1 is 1.26 bits per heavy atom. The summed E-state index contributed by atoms with van der Waals surface area (Å²) in [7, 11) is 0. The molecule has 1 aromatic carbocycles. The van der Waals surface area contributed by atoms with E-state index >= 15 is 0 Å². The molecule has 3 N–H and O–H groups in total. The highest BCUT2D eigenvalue weighted by molar-refractivity contribution is 5.35. The predicted molar refractivity (Wildman–Crippen MR) is 75.7 cm³/mol. The molecule has 19 heavy (non-hydrogen) atoms. The first-order chi connectivity index (χ1) is 9.38. The van der Waals surface area contributed by atoms with E-state index in [1.807, 2.05) is 0 Å². The average molecular weight is 261 g/mol. The van der Waals surface area contributed by atoms with Gasteiger partial charge in [0, 0.05) is 19.6 Å². The second-order valence-electron chi connectivity index (χ2n) is 5.42. The van der Waals surface area contributed by atoms with E-state index in [2.05, 4.69) is 34.7 Å². The van der Waals surface area contributed by atoms with E-state index in [9.17, 15) is 0 Å². The molecule has 1 unspecified atom stereocenters. The van der Waals surface area contributed by atoms with Gasteiger partial charge in [-0.3, -0.25) is 0 Å². The monoisotopic (exact) mass is 261 g/mol. The van der Waals surface area contributed by atoms with Crippen LogP contribution in [0, 0.1) is 0 Å². The quantitative estimate of drug-likeness (QED) is 0.841. The Morgan fingerprint density at radius 2 is 2.00 bits per heavy atom. The number of hydrazine groups is 1. The van der Waals surface area contributed by atoms with Crippen molar-refractivity contribution in [1.29, 1.82) is 0 Å². The molecular formula is C15H23N3O. The van der Waals surface area contributed by atoms with Gasteiger partial charge in [0.1, 0.15) is 0 Å². The molecule has 2 aliphatic rings. The summed E-state index contributed by atoms with van der Waals surface area (Å²) in [6, 6.07) is 8.95. The fraction of sp³-hybridized carbons (Fsp3) is 0.600. The van der Waals surface area contributed by atoms with Crippen LogP contribution in [0.25, 0.3) is 0 Å². The van der Waals surface area contributed by atoms with E-state index in [4.69, 9.17) is 10.5 Å². The summed E-state index contributed by atoms with van der Waals surface area (Å²) in [5.41, 5.74) is 12.4. The van der Waals surface area contributed by atoms with Gasteiger partial charge >= 0.3 is 0 Å². The van der Waals surface area contributed by atoms with Crippen LogP contribution in [-0.4, -0.2) is 37.9 Å². The van der Waals surface area contributed by atoms with E-state index in [1.165, 1.54) is 24.0 Å². The summed E-state index contributed by atoms with van der Waals surface area (Å²) >= 11 is 0. The molecule has 3 rings (SSSR count). The van der Waals surface area contributed by atoms with Crippen molar-refractivity contribution < 1.29 is 4.74 Å². The number of nitrogens with zero attached hydrogens (tertiary/aromatic N) is 1. The van der Waals surface area contributed by atoms with Crippen molar-refractivity contribution in [3.05, 3.63) is 35.4 Å². The van der Waals surface area contributed by atoms with Gasteiger partial charge in [-0.15, -0.1) is 0 Å². The summed E-state index contributed by atoms with van der Waals surface area (Å²) in [6.07, 6.45) is 2.65. The van der Waals surface area contributed by atoms with Gasteiger partial charge in [0.25, 0.3) is 0 Å². The van der Waals surface area contributed by atoms with Gasteiger partial charge in [0.05, 0.1) is 19.3 Å². The maximum absolute atomic E-state index is 5.99. The van der Waals surface area contributed by atoms with Gasteiger partial charge < -0.3 is 10.5 Å². The summed E-state index contributed by atoms with van der Waals surface area (Å²) in [4.78, 5) is 0. The Balaban J connectivity index is 1.73. The first-order valence-electron chi connectivity index (χ1n) is 7.26. The lowest BCUT2D eigenvalue weighted by molar-refractivity contribution is 0.00398. The second-order valence-corrected chi connectivity index (χ2v) is 5.42. The van der Waals surface area contributed by atoms with Crippen LogP contribution in [-0.2, 0) is 4.74 Å². The number of ether oxygens (including phenoxy) is 1. The SMILES string of the molecule is NCC(NN1CCOCC1)c1ccccc1C1CC1. The van der Waals surface area contributed by atoms with E-state index in [0.717, 1.165) is 32.2 Å². The van der Waals surface area contributed by atoms with Crippen molar-refractivity contribution in [2.75, 3.05) is 32.8 Å². The molecule has 2 fully saturated rings. The molecule has 4 heteroatoms. The maximum Gasteiger partial charge on any atom is 0.0608 e. The zero-order valence-electron chi connectivity index (χ0n) is 11.3. The van der Waals surface area contributed by atoms with E-state index < -0.39 is 0 Å². The third kappa shape index (κ3) is 3.15. The van der Waals surface area contributed by atoms with Crippen LogP contribution in [0.1, 0.15) is 35.9 Å². The average Bonchev–Trinajstić information content (AvgIpc) is 3.30. The number of benzene rings is 1. The van der Waals surface area contributed by atoms with Crippen LogP contribution in [0.3, 0.4) is 0 Å². The first-order valence-corrected chi connectivity index (χ1v) is 7.26. The summed E-state index contributed by atoms with van der Waals surface area (Å²) in [6.45, 7) is 4.09. The lowest BCUT2D eigenvalue weighted by Crippen LogP contribution is -2.48. The van der Waals surface area contributed by atoms with Crippen molar-refractivity contribution in [3.63, 3.8) is 0 Å². The Morgan fingerprint density at radius 3 is 2.68 bits per heavy atom. The number of nitrogens with two attached hydrogens (primary N) is 1. The molecule has 0 amide bonds. The molecule has 1 saturated heterocycles. The van der Waals surface area contributed by atoms with Gasteiger partial charge in [-0.2, -0.15) is 0 Å². The number of nitrogens with one attached hydrogen (secondary N) is 1. The minimum absolute atomic E-state index is 0.217. The Kier molecular flexibility index (Phi) is 4.13. The molecule has 1 saturated carbocycles. The van der Waals surface area contributed by atoms with Gasteiger partial charge in [-0.1, -0.05) is 24.3 Å². The van der Waals surface area contributed by atoms with Gasteiger partial charge in [-0.05, 0) is 29.9 Å². The summed E-state index contributed by atoms with van der Waals surface area (Å²) < 4.78 is 5.38. The van der Waals surface area contributed by atoms with Crippen molar-refractivity contribution >= 4 is 0 Å². The summed E-state index contributed by atoms with van der Waals surface area (Å²) in [5.74, 6) is 0.761. The van der Waals surface area contributed by atoms with Crippen LogP contribution in [0.5, 0.6) is 0 Å². The van der Waals surface area contributed by atoms with Crippen molar-refractivity contribution in [1.82, 2.24) is 10.4 Å². The fourth-order valence-electron chi connectivity index (χ4n) is 2.76. The van der Waals surface area contributed by atoms with Crippen LogP contribution in [0.15, 0.2) is 24.3 Å². The molecule has 104 valence electrons. The van der Waals surface area contributed by atoms with Crippen molar-refractivity contribution in [2.24, 2.45) is 5.73 Å². The molecule has 1 heterocycles. The van der Waals surface area contributed by atoms with Crippen LogP contribution in [0.2, 0.25) is 0 Å². The van der Waals surface area contributed by atoms with Crippen molar-refractivity contribution in [2.45, 2.75) is 24.8 Å². The molecule has 0 aromatic heterocycles. The van der Waals surface area contributed by atoms with Crippen LogP contribution >= 0.6 is 0 Å². The minimum Gasteiger partial charge on any atom is -0.379 e. The molecule has 0 bridgehead atoms. The van der Waals surface area contributed by atoms with E-state index in [0.29, 0.717) is 6.54 Å². The highest BCUT2D eigenvalue weighted by atomic mass is 16.5. The standard InChI is InChI=1S/C15H23N3O/c16-11-15(17-18-7-9-19-10-8-18)14-4-2-1-3-13(14)12-5-6-12/h1-4,12,15,17H,5-11,16H2. The predicted octanol–water partition coefficient (Wildman–Crippen LogP) is 1.40. The third-order valence-electron chi connectivity index (χ3n) is 3.97. The van der Waals surface area contributed by atoms with E-state index in [-0.39, 0.29) is 6.04 Å². The molecular weight excluding hydrogens is 238 g/mol. The van der Waals surface area contributed by atoms with E-state index in [1.54, 1.807) is 0 Å². The van der Waals surface area contributed by atoms with Gasteiger partial charge in [0.15, 0.2) is 0 Å². The fourth-order valence-corrected chi connectivity index (χ4v) is 2.76. The Hall–Kier alpha value is -0.940.